The van der Waals surface area contributed by atoms with E-state index in [0.717, 1.165) is 12.8 Å². The van der Waals surface area contributed by atoms with Crippen molar-refractivity contribution < 1.29 is 14.7 Å². The number of rotatable bonds is 3. The lowest BCUT2D eigenvalue weighted by atomic mass is 9.81. The maximum Gasteiger partial charge on any atom is 0.317 e. The number of carbonyl (C=O) groups excluding carboxylic acids is 1. The molecular weight excluding hydrogens is 244 g/mol. The van der Waals surface area contributed by atoms with Crippen LogP contribution in [0.25, 0.3) is 0 Å². The van der Waals surface area contributed by atoms with Crippen LogP contribution < -0.4 is 5.32 Å². The van der Waals surface area contributed by atoms with Crippen LogP contribution in [0.15, 0.2) is 0 Å². The van der Waals surface area contributed by atoms with E-state index in [9.17, 15) is 14.7 Å². The number of carboxylic acid groups (broad SMARTS) is 1. The molecule has 0 unspecified atom stereocenters. The van der Waals surface area contributed by atoms with Crippen molar-refractivity contribution in [2.24, 2.45) is 16.7 Å². The minimum atomic E-state index is -0.723. The molecule has 1 heterocycles. The van der Waals surface area contributed by atoms with E-state index in [1.807, 2.05) is 0 Å². The molecule has 1 saturated heterocycles. The minimum absolute atomic E-state index is 0.0804. The van der Waals surface area contributed by atoms with Crippen molar-refractivity contribution >= 4 is 12.0 Å². The number of amides is 2. The van der Waals surface area contributed by atoms with E-state index in [0.29, 0.717) is 26.1 Å². The van der Waals surface area contributed by atoms with Crippen molar-refractivity contribution in [3.8, 4) is 0 Å². The van der Waals surface area contributed by atoms with Gasteiger partial charge in [-0.05, 0) is 37.0 Å². The Morgan fingerprint density at radius 3 is 2.68 bits per heavy atom. The number of aliphatic carboxylic acids is 1. The second kappa shape index (κ2) is 4.12. The highest BCUT2D eigenvalue weighted by Gasteiger charge is 2.55. The van der Waals surface area contributed by atoms with Crippen LogP contribution in [0.1, 0.15) is 39.0 Å². The molecule has 19 heavy (non-hydrogen) atoms. The quantitative estimate of drug-likeness (QED) is 0.816. The van der Waals surface area contributed by atoms with Crippen molar-refractivity contribution in [3.63, 3.8) is 0 Å². The highest BCUT2D eigenvalue weighted by atomic mass is 16.4. The Bertz CT molecular complexity index is 419. The van der Waals surface area contributed by atoms with Gasteiger partial charge < -0.3 is 15.3 Å². The molecule has 0 bridgehead atoms. The second-order valence-electron chi connectivity index (χ2n) is 6.90. The summed E-state index contributed by atoms with van der Waals surface area (Å²) in [5, 5.41) is 12.5. The monoisotopic (exact) mass is 266 g/mol. The number of carboxylic acids is 1. The number of hydrogen-bond acceptors (Lipinski definition) is 2. The number of carbonyl (C=O) groups is 2. The summed E-state index contributed by atoms with van der Waals surface area (Å²) in [5.74, 6) is -0.577. The summed E-state index contributed by atoms with van der Waals surface area (Å²) in [6.07, 6.45) is 4.98. The normalized spacial score (nSPS) is 35.0. The minimum Gasteiger partial charge on any atom is -0.481 e. The first-order valence-electron chi connectivity index (χ1n) is 7.21. The molecule has 5 nitrogen and oxygen atoms in total. The first-order valence-corrected chi connectivity index (χ1v) is 7.21. The summed E-state index contributed by atoms with van der Waals surface area (Å²) < 4.78 is 0. The van der Waals surface area contributed by atoms with Crippen LogP contribution in [0.3, 0.4) is 0 Å². The fourth-order valence-electron chi connectivity index (χ4n) is 3.58. The van der Waals surface area contributed by atoms with Crippen LogP contribution in [0.2, 0.25) is 0 Å². The molecule has 3 rings (SSSR count). The van der Waals surface area contributed by atoms with Crippen LogP contribution in [0, 0.1) is 16.7 Å². The standard InChI is InChI=1S/C14H22N2O3/c1-13(5-6-13)8-15-12(19)16-7-10-3-2-4-14(10,9-16)11(17)18/h10H,2-9H2,1H3,(H,15,19)(H,17,18)/t10-,14+/m0/s1. The van der Waals surface area contributed by atoms with Crippen LogP contribution in [0.5, 0.6) is 0 Å². The molecule has 0 aromatic carbocycles. The average Bonchev–Trinajstić information content (AvgIpc) is 2.81. The Hall–Kier alpha value is -1.26. The topological polar surface area (TPSA) is 69.6 Å². The van der Waals surface area contributed by atoms with Gasteiger partial charge in [-0.2, -0.15) is 0 Å². The average molecular weight is 266 g/mol. The molecule has 0 aromatic rings. The van der Waals surface area contributed by atoms with Gasteiger partial charge >= 0.3 is 12.0 Å². The van der Waals surface area contributed by atoms with E-state index in [-0.39, 0.29) is 17.4 Å². The van der Waals surface area contributed by atoms with Gasteiger partial charge in [0, 0.05) is 19.6 Å². The van der Waals surface area contributed by atoms with E-state index in [1.165, 1.54) is 12.8 Å². The number of nitrogens with zero attached hydrogens (tertiary/aromatic N) is 1. The van der Waals surface area contributed by atoms with Gasteiger partial charge in [-0.25, -0.2) is 4.79 Å². The van der Waals surface area contributed by atoms with Crippen LogP contribution >= 0.6 is 0 Å². The number of nitrogens with one attached hydrogen (secondary N) is 1. The van der Waals surface area contributed by atoms with E-state index >= 15 is 0 Å². The summed E-state index contributed by atoms with van der Waals surface area (Å²) in [6, 6.07) is -0.0804. The summed E-state index contributed by atoms with van der Waals surface area (Å²) in [6.45, 7) is 3.88. The third-order valence-corrected chi connectivity index (χ3v) is 5.35. The highest BCUT2D eigenvalue weighted by Crippen LogP contribution is 2.49. The van der Waals surface area contributed by atoms with Gasteiger partial charge in [-0.1, -0.05) is 13.3 Å². The molecule has 3 fully saturated rings. The van der Waals surface area contributed by atoms with E-state index in [2.05, 4.69) is 12.2 Å². The fraction of sp³-hybridized carbons (Fsp3) is 0.857. The summed E-state index contributed by atoms with van der Waals surface area (Å²) in [7, 11) is 0. The van der Waals surface area contributed by atoms with E-state index in [1.54, 1.807) is 4.90 Å². The van der Waals surface area contributed by atoms with Crippen molar-refractivity contribution in [1.82, 2.24) is 10.2 Å². The molecule has 3 aliphatic rings. The molecular formula is C14H22N2O3. The third kappa shape index (κ3) is 2.09. The first kappa shape index (κ1) is 12.8. The van der Waals surface area contributed by atoms with Crippen molar-refractivity contribution in [2.45, 2.75) is 39.0 Å². The smallest absolute Gasteiger partial charge is 0.317 e. The van der Waals surface area contributed by atoms with Crippen LogP contribution in [0.4, 0.5) is 4.79 Å². The van der Waals surface area contributed by atoms with Gasteiger partial charge in [0.1, 0.15) is 0 Å². The maximum atomic E-state index is 12.1. The molecule has 106 valence electrons. The fourth-order valence-corrected chi connectivity index (χ4v) is 3.58. The van der Waals surface area contributed by atoms with Gasteiger partial charge in [0.05, 0.1) is 5.41 Å². The van der Waals surface area contributed by atoms with Gasteiger partial charge in [-0.15, -0.1) is 0 Å². The lowest BCUT2D eigenvalue weighted by Gasteiger charge is -2.23. The second-order valence-corrected chi connectivity index (χ2v) is 6.90. The highest BCUT2D eigenvalue weighted by molar-refractivity contribution is 5.80. The SMILES string of the molecule is CC1(CNC(=O)N2C[C@@H]3CCC[C@@]3(C(=O)O)C2)CC1. The van der Waals surface area contributed by atoms with Gasteiger partial charge in [0.2, 0.25) is 0 Å². The van der Waals surface area contributed by atoms with Gasteiger partial charge in [0.25, 0.3) is 0 Å². The zero-order valence-electron chi connectivity index (χ0n) is 11.4. The van der Waals surface area contributed by atoms with Gasteiger partial charge in [0.15, 0.2) is 0 Å². The number of likely N-dealkylation sites (tertiary alicyclic amines) is 1. The Labute approximate surface area is 113 Å². The molecule has 2 amide bonds. The largest absolute Gasteiger partial charge is 0.481 e. The molecule has 2 N–H and O–H groups in total. The first-order chi connectivity index (χ1) is 8.95. The van der Waals surface area contributed by atoms with Crippen molar-refractivity contribution in [1.29, 1.82) is 0 Å². The number of hydrogen-bond donors (Lipinski definition) is 2. The summed E-state index contributed by atoms with van der Waals surface area (Å²) >= 11 is 0. The van der Waals surface area contributed by atoms with Gasteiger partial charge in [-0.3, -0.25) is 4.79 Å². The third-order valence-electron chi connectivity index (χ3n) is 5.35. The van der Waals surface area contributed by atoms with E-state index < -0.39 is 11.4 Å². The molecule has 5 heteroatoms. The Morgan fingerprint density at radius 2 is 2.11 bits per heavy atom. The lowest BCUT2D eigenvalue weighted by molar-refractivity contribution is -0.149. The lowest BCUT2D eigenvalue weighted by Crippen LogP contribution is -2.43. The molecule has 0 radical (unpaired) electrons. The maximum absolute atomic E-state index is 12.1. The Kier molecular flexibility index (Phi) is 2.76. The number of urea groups is 1. The van der Waals surface area contributed by atoms with Crippen molar-refractivity contribution in [3.05, 3.63) is 0 Å². The molecule has 2 saturated carbocycles. The van der Waals surface area contributed by atoms with Crippen LogP contribution in [-0.4, -0.2) is 41.6 Å². The zero-order valence-corrected chi connectivity index (χ0v) is 11.4. The van der Waals surface area contributed by atoms with Crippen molar-refractivity contribution in [2.75, 3.05) is 19.6 Å². The molecule has 0 aromatic heterocycles. The Balaban J connectivity index is 1.61. The Morgan fingerprint density at radius 1 is 1.37 bits per heavy atom. The molecule has 1 aliphatic heterocycles. The molecule has 0 spiro atoms. The van der Waals surface area contributed by atoms with Crippen LogP contribution in [-0.2, 0) is 4.79 Å². The zero-order chi connectivity index (χ0) is 13.7. The molecule has 2 atom stereocenters. The number of fused-ring (bicyclic) bond motifs is 1. The summed E-state index contributed by atoms with van der Waals surface area (Å²) in [5.41, 5.74) is -0.378. The predicted molar refractivity (Wildman–Crippen MR) is 69.7 cm³/mol. The molecule has 2 aliphatic carbocycles. The predicted octanol–water partition coefficient (Wildman–Crippen LogP) is 1.68. The summed E-state index contributed by atoms with van der Waals surface area (Å²) in [4.78, 5) is 25.4. The van der Waals surface area contributed by atoms with E-state index in [4.69, 9.17) is 0 Å².